The first kappa shape index (κ1) is 17.8. The fraction of sp³-hybridized carbons (Fsp3) is 0.333. The summed E-state index contributed by atoms with van der Waals surface area (Å²) >= 11 is 0. The van der Waals surface area contributed by atoms with Crippen molar-refractivity contribution in [3.63, 3.8) is 0 Å². The molecule has 1 N–H and O–H groups in total. The number of aryl methyl sites for hydroxylation is 1. The average Bonchev–Trinajstić information content (AvgIpc) is 2.68. The van der Waals surface area contributed by atoms with Crippen LogP contribution in [-0.4, -0.2) is 42.5 Å². The molecule has 3 heterocycles. The van der Waals surface area contributed by atoms with Gasteiger partial charge in [-0.3, -0.25) is 4.79 Å². The average molecular weight is 349 g/mol. The van der Waals surface area contributed by atoms with E-state index < -0.39 is 0 Å². The van der Waals surface area contributed by atoms with Crippen LogP contribution >= 0.6 is 0 Å². The van der Waals surface area contributed by atoms with Crippen LogP contribution in [0.25, 0.3) is 0 Å². The number of hydrogen-bond acceptors (Lipinski definition) is 4. The summed E-state index contributed by atoms with van der Waals surface area (Å²) in [6.45, 7) is 4.03. The van der Waals surface area contributed by atoms with Crippen LogP contribution < -0.4 is 5.32 Å². The Morgan fingerprint density at radius 3 is 2.88 bits per heavy atom. The number of aromatic nitrogens is 1. The Kier molecular flexibility index (Phi) is 5.75. The lowest BCUT2D eigenvalue weighted by molar-refractivity contribution is -0.127. The Bertz CT molecular complexity index is 830. The number of piperidine rings is 1. The molecule has 0 unspecified atom stereocenters. The summed E-state index contributed by atoms with van der Waals surface area (Å²) in [5, 5.41) is 3.08. The predicted molar refractivity (Wildman–Crippen MR) is 101 cm³/mol. The van der Waals surface area contributed by atoms with Gasteiger partial charge < -0.3 is 15.0 Å². The molecule has 1 aromatic heterocycles. The first-order valence-corrected chi connectivity index (χ1v) is 8.78. The molecule has 26 heavy (non-hydrogen) atoms. The second kappa shape index (κ2) is 8.39. The molecule has 134 valence electrons. The molecule has 3 rings (SSSR count). The Morgan fingerprint density at radius 1 is 1.35 bits per heavy atom. The van der Waals surface area contributed by atoms with Crippen LogP contribution in [0, 0.1) is 18.8 Å². The zero-order chi connectivity index (χ0) is 18.4. The van der Waals surface area contributed by atoms with E-state index in [0.29, 0.717) is 31.1 Å². The van der Waals surface area contributed by atoms with Crippen LogP contribution in [-0.2, 0) is 9.53 Å². The lowest BCUT2D eigenvalue weighted by atomic mass is 10.0. The van der Waals surface area contributed by atoms with Gasteiger partial charge in [-0.1, -0.05) is 23.6 Å². The number of ether oxygens (including phenoxy) is 1. The number of allylic oxidation sites excluding steroid dienone is 1. The van der Waals surface area contributed by atoms with Gasteiger partial charge in [0.25, 0.3) is 5.91 Å². The van der Waals surface area contributed by atoms with Gasteiger partial charge in [-0.25, -0.2) is 4.98 Å². The Hall–Kier alpha value is -3.00. The molecule has 0 aliphatic carbocycles. The molecule has 1 aromatic rings. The maximum absolute atomic E-state index is 12.7. The summed E-state index contributed by atoms with van der Waals surface area (Å²) in [6.07, 6.45) is 7.42. The molecule has 0 spiro atoms. The predicted octanol–water partition coefficient (Wildman–Crippen LogP) is 2.31. The smallest absolute Gasteiger partial charge is 0.259 e. The van der Waals surface area contributed by atoms with Gasteiger partial charge in [-0.05, 0) is 50.0 Å². The molecule has 1 fully saturated rings. The maximum Gasteiger partial charge on any atom is 0.259 e. The van der Waals surface area contributed by atoms with Crippen molar-refractivity contribution in [2.45, 2.75) is 19.8 Å². The number of carbonyl (C=O) groups is 1. The van der Waals surface area contributed by atoms with E-state index in [1.165, 1.54) is 5.57 Å². The van der Waals surface area contributed by atoms with Crippen LogP contribution in [0.3, 0.4) is 0 Å². The number of nitrogens with one attached hydrogen (secondary N) is 1. The van der Waals surface area contributed by atoms with E-state index in [1.54, 1.807) is 7.11 Å². The number of rotatable bonds is 2. The highest BCUT2D eigenvalue weighted by molar-refractivity contribution is 5.97. The van der Waals surface area contributed by atoms with Crippen molar-refractivity contribution in [2.24, 2.45) is 0 Å². The van der Waals surface area contributed by atoms with E-state index in [0.717, 1.165) is 24.2 Å². The molecular weight excluding hydrogens is 326 g/mol. The molecule has 0 saturated carbocycles. The van der Waals surface area contributed by atoms with E-state index in [4.69, 9.17) is 4.74 Å². The van der Waals surface area contributed by atoms with E-state index in [-0.39, 0.29) is 5.91 Å². The summed E-state index contributed by atoms with van der Waals surface area (Å²) in [4.78, 5) is 18.9. The van der Waals surface area contributed by atoms with E-state index >= 15 is 0 Å². The first-order chi connectivity index (χ1) is 12.7. The number of amides is 1. The molecule has 1 amide bonds. The molecule has 5 nitrogen and oxygen atoms in total. The number of methoxy groups -OCH3 is 1. The van der Waals surface area contributed by atoms with Gasteiger partial charge in [0.05, 0.1) is 12.7 Å². The van der Waals surface area contributed by atoms with Crippen molar-refractivity contribution < 1.29 is 9.53 Å². The van der Waals surface area contributed by atoms with Crippen molar-refractivity contribution in [1.29, 1.82) is 0 Å². The van der Waals surface area contributed by atoms with Crippen molar-refractivity contribution in [1.82, 2.24) is 15.2 Å². The number of carbonyl (C=O) groups excluding carboxylic acids is 1. The third kappa shape index (κ3) is 4.34. The number of dihydropyridines is 1. The number of nitrogens with zero attached hydrogens (tertiary/aromatic N) is 2. The topological polar surface area (TPSA) is 54.5 Å². The third-order valence-corrected chi connectivity index (χ3v) is 4.40. The minimum absolute atomic E-state index is 0.0133. The Balaban J connectivity index is 1.60. The molecule has 0 atom stereocenters. The molecule has 2 aliphatic rings. The van der Waals surface area contributed by atoms with Gasteiger partial charge in [-0.2, -0.15) is 0 Å². The summed E-state index contributed by atoms with van der Waals surface area (Å²) in [6, 6.07) is 5.82. The SMILES string of the molecule is COC1=C(C(=O)N2CCC(=CC#Cc3cccc(C)n3)CC2)C=CCN1. The van der Waals surface area contributed by atoms with Crippen LogP contribution in [0.5, 0.6) is 0 Å². The van der Waals surface area contributed by atoms with E-state index in [9.17, 15) is 4.79 Å². The molecule has 0 aromatic carbocycles. The fourth-order valence-corrected chi connectivity index (χ4v) is 2.99. The maximum atomic E-state index is 12.7. The third-order valence-electron chi connectivity index (χ3n) is 4.40. The molecule has 2 aliphatic heterocycles. The van der Waals surface area contributed by atoms with E-state index in [1.807, 2.05) is 48.3 Å². The second-order valence-electron chi connectivity index (χ2n) is 6.26. The summed E-state index contributed by atoms with van der Waals surface area (Å²) < 4.78 is 5.27. The van der Waals surface area contributed by atoms with Crippen molar-refractivity contribution in [2.75, 3.05) is 26.7 Å². The Morgan fingerprint density at radius 2 is 2.15 bits per heavy atom. The summed E-state index contributed by atoms with van der Waals surface area (Å²) in [7, 11) is 1.58. The number of likely N-dealkylation sites (tertiary alicyclic amines) is 1. The van der Waals surface area contributed by atoms with Crippen LogP contribution in [0.2, 0.25) is 0 Å². The van der Waals surface area contributed by atoms with Crippen molar-refractivity contribution in [3.05, 3.63) is 64.8 Å². The minimum Gasteiger partial charge on any atom is -0.482 e. The highest BCUT2D eigenvalue weighted by Gasteiger charge is 2.24. The van der Waals surface area contributed by atoms with Crippen molar-refractivity contribution >= 4 is 5.91 Å². The summed E-state index contributed by atoms with van der Waals surface area (Å²) in [5.74, 6) is 6.73. The zero-order valence-electron chi connectivity index (χ0n) is 15.2. The highest BCUT2D eigenvalue weighted by atomic mass is 16.5. The normalized spacial score (nSPS) is 16.5. The van der Waals surface area contributed by atoms with Gasteiger partial charge in [-0.15, -0.1) is 0 Å². The lowest BCUT2D eigenvalue weighted by Gasteiger charge is -2.29. The van der Waals surface area contributed by atoms with Gasteiger partial charge in [0.1, 0.15) is 5.69 Å². The Labute approximate surface area is 154 Å². The second-order valence-corrected chi connectivity index (χ2v) is 6.26. The lowest BCUT2D eigenvalue weighted by Crippen LogP contribution is -2.39. The van der Waals surface area contributed by atoms with Crippen LogP contribution in [0.4, 0.5) is 0 Å². The van der Waals surface area contributed by atoms with Gasteiger partial charge in [0.2, 0.25) is 0 Å². The molecule has 5 heteroatoms. The first-order valence-electron chi connectivity index (χ1n) is 8.78. The zero-order valence-corrected chi connectivity index (χ0v) is 15.2. The standard InChI is InChI=1S/C21H23N3O2/c1-16-6-3-8-18(23-16)9-4-7-17-11-14-24(15-12-17)21(25)19-10-5-13-22-20(19)26-2/h3,5-8,10,22H,11-15H2,1-2H3. The minimum atomic E-state index is 0.0133. The number of pyridine rings is 1. The van der Waals surface area contributed by atoms with Gasteiger partial charge in [0.15, 0.2) is 5.88 Å². The quantitative estimate of drug-likeness (QED) is 0.833. The monoisotopic (exact) mass is 349 g/mol. The van der Waals surface area contributed by atoms with Gasteiger partial charge in [0, 0.05) is 25.3 Å². The number of hydrogen-bond donors (Lipinski definition) is 1. The molecule has 1 saturated heterocycles. The summed E-state index contributed by atoms with van der Waals surface area (Å²) in [5.41, 5.74) is 3.61. The molecular formula is C21H23N3O2. The van der Waals surface area contributed by atoms with E-state index in [2.05, 4.69) is 22.1 Å². The van der Waals surface area contributed by atoms with Gasteiger partial charge >= 0.3 is 0 Å². The largest absolute Gasteiger partial charge is 0.482 e. The van der Waals surface area contributed by atoms with Crippen LogP contribution in [0.15, 0.2) is 53.5 Å². The van der Waals surface area contributed by atoms with Crippen molar-refractivity contribution in [3.8, 4) is 11.8 Å². The molecule has 0 radical (unpaired) electrons. The fourth-order valence-electron chi connectivity index (χ4n) is 2.99. The molecule has 0 bridgehead atoms. The van der Waals surface area contributed by atoms with Crippen LogP contribution in [0.1, 0.15) is 24.2 Å². The highest BCUT2D eigenvalue weighted by Crippen LogP contribution is 2.20.